The predicted molar refractivity (Wildman–Crippen MR) is 230 cm³/mol. The lowest BCUT2D eigenvalue weighted by Crippen LogP contribution is -2.69. The number of likely N-dealkylation sites (tertiary alicyclic amines) is 2. The fourth-order valence-corrected chi connectivity index (χ4v) is 11.2. The third-order valence-electron chi connectivity index (χ3n) is 14.2. The standard InChI is InChI=1S/C46H77N3O7S/c1-19-20-34-54-36(51)45(29-23-41(8,9)48(16)42(10,11)24-29,30-25-43(12,13)49(17)44(14,15)26-30)37(52)56-46(47,38(53)55-34)33(27-57-18)28-21-31(39(2,3)4)35(50)32(22-28)40(5,6)7/h21-22,29-30,33-34,50H,19-20,23-27,47H2,1-18H3. The molecule has 3 aliphatic rings. The Morgan fingerprint density at radius 1 is 0.754 bits per heavy atom. The largest absolute Gasteiger partial charge is 0.507 e. The predicted octanol–water partition coefficient (Wildman–Crippen LogP) is 8.64. The van der Waals surface area contributed by atoms with Gasteiger partial charge in [-0.2, -0.15) is 11.8 Å². The number of cyclic esters (lactones) is 3. The molecule has 0 amide bonds. The Balaban J connectivity index is 2.12. The number of esters is 3. The highest BCUT2D eigenvalue weighted by molar-refractivity contribution is 7.98. The van der Waals surface area contributed by atoms with Crippen LogP contribution in [0, 0.1) is 17.3 Å². The number of aromatic hydroxyl groups is 1. The molecule has 0 saturated carbocycles. The van der Waals surface area contributed by atoms with Gasteiger partial charge in [-0.3, -0.25) is 25.1 Å². The Hall–Kier alpha value is -2.34. The topological polar surface area (TPSA) is 132 Å². The van der Waals surface area contributed by atoms with Crippen LogP contribution in [0.3, 0.4) is 0 Å². The summed E-state index contributed by atoms with van der Waals surface area (Å²) in [5.41, 5.74) is 2.62. The molecule has 0 spiro atoms. The number of benzene rings is 1. The summed E-state index contributed by atoms with van der Waals surface area (Å²) in [7, 11) is 4.20. The molecule has 3 N–H and O–H groups in total. The summed E-state index contributed by atoms with van der Waals surface area (Å²) in [4.78, 5) is 51.1. The molecule has 57 heavy (non-hydrogen) atoms. The molecular weight excluding hydrogens is 739 g/mol. The minimum Gasteiger partial charge on any atom is -0.507 e. The number of phenolic OH excluding ortho intramolecular Hbond substituents is 1. The average Bonchev–Trinajstić information content (AvgIpc) is 3.06. The first-order chi connectivity index (χ1) is 25.7. The lowest BCUT2D eigenvalue weighted by molar-refractivity contribution is -0.209. The Bertz CT molecular complexity index is 1580. The molecule has 3 saturated heterocycles. The molecule has 3 aliphatic heterocycles. The van der Waals surface area contributed by atoms with Gasteiger partial charge < -0.3 is 19.3 Å². The van der Waals surface area contributed by atoms with Crippen molar-refractivity contribution in [1.82, 2.24) is 9.80 Å². The first-order valence-electron chi connectivity index (χ1n) is 21.0. The summed E-state index contributed by atoms with van der Waals surface area (Å²) in [5.74, 6) is -4.01. The van der Waals surface area contributed by atoms with Gasteiger partial charge in [-0.15, -0.1) is 0 Å². The second kappa shape index (κ2) is 15.6. The van der Waals surface area contributed by atoms with E-state index in [-0.39, 0.29) is 17.9 Å². The van der Waals surface area contributed by atoms with Crippen molar-refractivity contribution < 1.29 is 33.7 Å². The molecular formula is C46H77N3O7S. The number of carbonyl (C=O) groups excluding carboxylic acids is 3. The molecule has 11 heteroatoms. The first-order valence-corrected chi connectivity index (χ1v) is 22.4. The highest BCUT2D eigenvalue weighted by Crippen LogP contribution is 2.58. The number of carbonyl (C=O) groups is 3. The summed E-state index contributed by atoms with van der Waals surface area (Å²) in [6, 6.07) is 3.77. The quantitative estimate of drug-likeness (QED) is 0.193. The van der Waals surface area contributed by atoms with E-state index in [0.29, 0.717) is 48.8 Å². The van der Waals surface area contributed by atoms with Crippen molar-refractivity contribution in [3.8, 4) is 5.75 Å². The van der Waals surface area contributed by atoms with E-state index in [1.807, 2.05) is 66.9 Å². The van der Waals surface area contributed by atoms with Gasteiger partial charge in [0, 0.05) is 34.3 Å². The summed E-state index contributed by atoms with van der Waals surface area (Å²) >= 11 is 1.46. The van der Waals surface area contributed by atoms with E-state index in [1.165, 1.54) is 11.8 Å². The van der Waals surface area contributed by atoms with Crippen LogP contribution in [-0.2, 0) is 39.4 Å². The van der Waals surface area contributed by atoms with Crippen molar-refractivity contribution in [2.45, 2.75) is 193 Å². The molecule has 4 rings (SSSR count). The van der Waals surface area contributed by atoms with Crippen LogP contribution in [0.25, 0.3) is 0 Å². The zero-order valence-corrected chi connectivity index (χ0v) is 39.5. The van der Waals surface area contributed by atoms with Crippen LogP contribution in [0.2, 0.25) is 0 Å². The van der Waals surface area contributed by atoms with Crippen LogP contribution in [0.4, 0.5) is 0 Å². The highest BCUT2D eigenvalue weighted by Gasteiger charge is 2.68. The van der Waals surface area contributed by atoms with Crippen LogP contribution in [-0.4, -0.2) is 93.1 Å². The second-order valence-corrected chi connectivity index (χ2v) is 23.0. The Labute approximate surface area is 349 Å². The van der Waals surface area contributed by atoms with Gasteiger partial charge in [0.2, 0.25) is 6.29 Å². The summed E-state index contributed by atoms with van der Waals surface area (Å²) in [5, 5.41) is 11.7. The maximum absolute atomic E-state index is 16.0. The third-order valence-corrected chi connectivity index (χ3v) is 14.8. The van der Waals surface area contributed by atoms with Gasteiger partial charge >= 0.3 is 17.9 Å². The fourth-order valence-electron chi connectivity index (χ4n) is 10.4. The van der Waals surface area contributed by atoms with Gasteiger partial charge in [0.25, 0.3) is 5.72 Å². The number of phenols is 1. The number of ether oxygens (including phenoxy) is 3. The zero-order chi connectivity index (χ0) is 43.7. The highest BCUT2D eigenvalue weighted by atomic mass is 32.2. The van der Waals surface area contributed by atoms with Crippen molar-refractivity contribution >= 4 is 29.7 Å². The lowest BCUT2D eigenvalue weighted by Gasteiger charge is -2.61. The van der Waals surface area contributed by atoms with Crippen LogP contribution in [0.15, 0.2) is 12.1 Å². The van der Waals surface area contributed by atoms with Gasteiger partial charge in [0.15, 0.2) is 5.41 Å². The molecule has 3 unspecified atom stereocenters. The molecule has 0 aliphatic carbocycles. The van der Waals surface area contributed by atoms with E-state index in [2.05, 4.69) is 79.3 Å². The number of hydrogen-bond acceptors (Lipinski definition) is 11. The molecule has 324 valence electrons. The van der Waals surface area contributed by atoms with E-state index < -0.39 is 86.1 Å². The average molecular weight is 816 g/mol. The maximum atomic E-state index is 16.0. The van der Waals surface area contributed by atoms with Crippen molar-refractivity contribution in [3.63, 3.8) is 0 Å². The lowest BCUT2D eigenvalue weighted by atomic mass is 9.53. The molecule has 3 heterocycles. The number of hydrogen-bond donors (Lipinski definition) is 2. The van der Waals surface area contributed by atoms with Gasteiger partial charge in [-0.25, -0.2) is 4.79 Å². The molecule has 0 radical (unpaired) electrons. The summed E-state index contributed by atoms with van der Waals surface area (Å²) in [6.07, 6.45) is 3.42. The molecule has 1 aromatic rings. The SMILES string of the molecule is CCCC1OC(=O)C(N)(C(CSC)c2cc(C(C)(C)C)c(O)c(C(C)(C)C)c2)OC(=O)C(C2CC(C)(C)N(C)C(C)(C)C2)(C2CC(C)(C)N(C)C(C)(C)C2)C(=O)O1. The summed E-state index contributed by atoms with van der Waals surface area (Å²) < 4.78 is 19.2. The normalized spacial score (nSPS) is 28.1. The Morgan fingerprint density at radius 2 is 1.14 bits per heavy atom. The molecule has 10 nitrogen and oxygen atoms in total. The van der Waals surface area contributed by atoms with Gasteiger partial charge in [0.1, 0.15) is 5.75 Å². The van der Waals surface area contributed by atoms with Crippen molar-refractivity contribution in [1.29, 1.82) is 0 Å². The van der Waals surface area contributed by atoms with E-state index in [0.717, 1.165) is 0 Å². The van der Waals surface area contributed by atoms with Crippen LogP contribution in [0.5, 0.6) is 5.75 Å². The number of nitrogens with two attached hydrogens (primary N) is 1. The molecule has 0 aromatic heterocycles. The number of piperidine rings is 2. The Kier molecular flexibility index (Phi) is 13.0. The van der Waals surface area contributed by atoms with E-state index in [1.54, 1.807) is 0 Å². The van der Waals surface area contributed by atoms with Crippen LogP contribution in [0.1, 0.15) is 165 Å². The third kappa shape index (κ3) is 8.65. The van der Waals surface area contributed by atoms with Crippen LogP contribution >= 0.6 is 11.8 Å². The molecule has 3 atom stereocenters. The number of thioether (sulfide) groups is 1. The van der Waals surface area contributed by atoms with Gasteiger partial charge in [-0.1, -0.05) is 60.6 Å². The summed E-state index contributed by atoms with van der Waals surface area (Å²) in [6.45, 7) is 31.3. The number of rotatable bonds is 8. The smallest absolute Gasteiger partial charge is 0.370 e. The van der Waals surface area contributed by atoms with Crippen molar-refractivity contribution in [2.75, 3.05) is 26.1 Å². The van der Waals surface area contributed by atoms with Crippen molar-refractivity contribution in [2.24, 2.45) is 23.0 Å². The van der Waals surface area contributed by atoms with E-state index in [9.17, 15) is 9.90 Å². The van der Waals surface area contributed by atoms with Gasteiger partial charge in [0.05, 0.1) is 5.92 Å². The Morgan fingerprint density at radius 3 is 1.49 bits per heavy atom. The molecule has 1 aromatic carbocycles. The van der Waals surface area contributed by atoms with E-state index >= 15 is 9.59 Å². The van der Waals surface area contributed by atoms with Gasteiger partial charge in [-0.05, 0) is 147 Å². The minimum absolute atomic E-state index is 0.183. The van der Waals surface area contributed by atoms with E-state index in [4.69, 9.17) is 19.9 Å². The monoisotopic (exact) mass is 816 g/mol. The van der Waals surface area contributed by atoms with Crippen LogP contribution < -0.4 is 5.73 Å². The molecule has 3 fully saturated rings. The second-order valence-electron chi connectivity index (χ2n) is 22.1. The minimum atomic E-state index is -2.36. The number of nitrogens with zero attached hydrogens (tertiary/aromatic N) is 2. The zero-order valence-electron chi connectivity index (χ0n) is 38.7. The van der Waals surface area contributed by atoms with Crippen molar-refractivity contribution in [3.05, 3.63) is 28.8 Å². The molecule has 0 bridgehead atoms. The maximum Gasteiger partial charge on any atom is 0.370 e. The fraction of sp³-hybridized carbons (Fsp3) is 0.804. The first kappa shape index (κ1) is 47.3.